The van der Waals surface area contributed by atoms with Gasteiger partial charge in [0.15, 0.2) is 9.84 Å². The standard InChI is InChI=1S/C10H15N3O5S2/c1-6(10(12)14)13-20(17,18)9-5-7(19(2,15)16)3-4-8(9)11/h3-6,13H,11H2,1-2H3,(H2,12,14). The van der Waals surface area contributed by atoms with Crippen molar-refractivity contribution >= 4 is 31.5 Å². The Morgan fingerprint density at radius 3 is 2.25 bits per heavy atom. The molecular formula is C10H15N3O5S2. The van der Waals surface area contributed by atoms with Crippen LogP contribution in [0.1, 0.15) is 6.92 Å². The number of rotatable bonds is 5. The lowest BCUT2D eigenvalue weighted by atomic mass is 10.3. The number of nitrogens with one attached hydrogen (secondary N) is 1. The monoisotopic (exact) mass is 321 g/mol. The molecule has 20 heavy (non-hydrogen) atoms. The average molecular weight is 321 g/mol. The topological polar surface area (TPSA) is 149 Å². The quantitative estimate of drug-likeness (QED) is 0.581. The normalized spacial score (nSPS) is 13.9. The van der Waals surface area contributed by atoms with Gasteiger partial charge in [-0.1, -0.05) is 0 Å². The molecule has 0 aromatic heterocycles. The SMILES string of the molecule is CC(NS(=O)(=O)c1cc(S(C)(=O)=O)ccc1N)C(N)=O. The van der Waals surface area contributed by atoms with Gasteiger partial charge in [-0.3, -0.25) is 4.79 Å². The van der Waals surface area contributed by atoms with Crippen LogP contribution < -0.4 is 16.2 Å². The van der Waals surface area contributed by atoms with Gasteiger partial charge in [-0.2, -0.15) is 4.72 Å². The number of sulfonamides is 1. The van der Waals surface area contributed by atoms with Crippen molar-refractivity contribution in [1.82, 2.24) is 4.72 Å². The minimum absolute atomic E-state index is 0.137. The van der Waals surface area contributed by atoms with Crippen molar-refractivity contribution in [3.8, 4) is 0 Å². The Morgan fingerprint density at radius 2 is 1.80 bits per heavy atom. The summed E-state index contributed by atoms with van der Waals surface area (Å²) in [6, 6.07) is 2.14. The summed E-state index contributed by atoms with van der Waals surface area (Å²) in [5, 5.41) is 0. The highest BCUT2D eigenvalue weighted by atomic mass is 32.2. The molecule has 0 saturated heterocycles. The first-order chi connectivity index (χ1) is 8.95. The molecule has 1 aromatic rings. The highest BCUT2D eigenvalue weighted by Crippen LogP contribution is 2.22. The maximum Gasteiger partial charge on any atom is 0.243 e. The van der Waals surface area contributed by atoms with Crippen LogP contribution in [0.3, 0.4) is 0 Å². The van der Waals surface area contributed by atoms with E-state index in [1.807, 2.05) is 4.72 Å². The van der Waals surface area contributed by atoms with Crippen molar-refractivity contribution < 1.29 is 21.6 Å². The summed E-state index contributed by atoms with van der Waals surface area (Å²) in [5.74, 6) is -0.869. The lowest BCUT2D eigenvalue weighted by Gasteiger charge is -2.13. The number of hydrogen-bond donors (Lipinski definition) is 3. The van der Waals surface area contributed by atoms with Crippen LogP contribution in [0.4, 0.5) is 5.69 Å². The minimum Gasteiger partial charge on any atom is -0.398 e. The molecule has 0 fully saturated rings. The third kappa shape index (κ3) is 3.68. The zero-order valence-electron chi connectivity index (χ0n) is 10.8. The first-order valence-electron chi connectivity index (χ1n) is 5.36. The largest absolute Gasteiger partial charge is 0.398 e. The van der Waals surface area contributed by atoms with Gasteiger partial charge in [0.2, 0.25) is 15.9 Å². The van der Waals surface area contributed by atoms with Gasteiger partial charge in [-0.25, -0.2) is 16.8 Å². The molecule has 1 unspecified atom stereocenters. The van der Waals surface area contributed by atoms with E-state index in [1.165, 1.54) is 19.1 Å². The molecule has 0 saturated carbocycles. The molecule has 0 aliphatic heterocycles. The fourth-order valence-electron chi connectivity index (χ4n) is 1.33. The molecule has 0 aliphatic carbocycles. The van der Waals surface area contributed by atoms with E-state index in [0.29, 0.717) is 0 Å². The van der Waals surface area contributed by atoms with Gasteiger partial charge in [-0.15, -0.1) is 0 Å². The average Bonchev–Trinajstić information content (AvgIpc) is 2.26. The third-order valence-electron chi connectivity index (χ3n) is 2.46. The predicted octanol–water partition coefficient (Wildman–Crippen LogP) is -1.18. The molecular weight excluding hydrogens is 306 g/mol. The van der Waals surface area contributed by atoms with Crippen molar-refractivity contribution in [1.29, 1.82) is 0 Å². The van der Waals surface area contributed by atoms with Crippen LogP contribution in [0.2, 0.25) is 0 Å². The fraction of sp³-hybridized carbons (Fsp3) is 0.300. The summed E-state index contributed by atoms with van der Waals surface area (Å²) < 4.78 is 49.0. The lowest BCUT2D eigenvalue weighted by molar-refractivity contribution is -0.119. The van der Waals surface area contributed by atoms with E-state index in [9.17, 15) is 21.6 Å². The van der Waals surface area contributed by atoms with Crippen molar-refractivity contribution in [3.63, 3.8) is 0 Å². The van der Waals surface area contributed by atoms with Crippen LogP contribution in [0.25, 0.3) is 0 Å². The molecule has 1 aromatic carbocycles. The molecule has 5 N–H and O–H groups in total. The van der Waals surface area contributed by atoms with Gasteiger partial charge in [0.05, 0.1) is 16.6 Å². The van der Waals surface area contributed by atoms with Crippen LogP contribution in [-0.2, 0) is 24.7 Å². The summed E-state index contributed by atoms with van der Waals surface area (Å²) in [6.07, 6.45) is 0.939. The first kappa shape index (κ1) is 16.4. The van der Waals surface area contributed by atoms with E-state index < -0.39 is 36.7 Å². The maximum atomic E-state index is 12.1. The van der Waals surface area contributed by atoms with E-state index in [4.69, 9.17) is 11.5 Å². The van der Waals surface area contributed by atoms with Gasteiger partial charge in [-0.05, 0) is 25.1 Å². The summed E-state index contributed by atoms with van der Waals surface area (Å²) in [7, 11) is -7.74. The highest BCUT2D eigenvalue weighted by molar-refractivity contribution is 7.91. The second-order valence-corrected chi connectivity index (χ2v) is 7.92. The number of carbonyl (C=O) groups excluding carboxylic acids is 1. The van der Waals surface area contributed by atoms with Crippen LogP contribution >= 0.6 is 0 Å². The molecule has 8 nitrogen and oxygen atoms in total. The predicted molar refractivity (Wildman–Crippen MR) is 72.9 cm³/mol. The molecule has 1 atom stereocenters. The minimum atomic E-state index is -4.16. The van der Waals surface area contributed by atoms with Gasteiger partial charge in [0.25, 0.3) is 0 Å². The van der Waals surface area contributed by atoms with Crippen LogP contribution in [0.15, 0.2) is 28.0 Å². The first-order valence-corrected chi connectivity index (χ1v) is 8.74. The Labute approximate surface area is 117 Å². The van der Waals surface area contributed by atoms with E-state index in [-0.39, 0.29) is 10.6 Å². The molecule has 0 bridgehead atoms. The third-order valence-corrected chi connectivity index (χ3v) is 5.17. The Morgan fingerprint density at radius 1 is 1.25 bits per heavy atom. The molecule has 0 spiro atoms. The van der Waals surface area contributed by atoms with Crippen molar-refractivity contribution in [2.75, 3.05) is 12.0 Å². The summed E-state index contributed by atoms with van der Waals surface area (Å²) in [4.78, 5) is 10.3. The smallest absolute Gasteiger partial charge is 0.243 e. The number of nitrogen functional groups attached to an aromatic ring is 1. The van der Waals surface area contributed by atoms with Crippen molar-refractivity contribution in [2.45, 2.75) is 22.8 Å². The number of carbonyl (C=O) groups is 1. The number of anilines is 1. The van der Waals surface area contributed by atoms with E-state index in [2.05, 4.69) is 0 Å². The second kappa shape index (κ2) is 5.38. The molecule has 112 valence electrons. The summed E-state index contributed by atoms with van der Waals surface area (Å²) in [6.45, 7) is 1.26. The number of hydrogen-bond acceptors (Lipinski definition) is 6. The van der Waals surface area contributed by atoms with Gasteiger partial charge in [0.1, 0.15) is 4.90 Å². The Balaban J connectivity index is 3.35. The van der Waals surface area contributed by atoms with E-state index in [0.717, 1.165) is 12.3 Å². The summed E-state index contributed by atoms with van der Waals surface area (Å²) >= 11 is 0. The van der Waals surface area contributed by atoms with Crippen molar-refractivity contribution in [3.05, 3.63) is 18.2 Å². The van der Waals surface area contributed by atoms with Gasteiger partial charge >= 0.3 is 0 Å². The second-order valence-electron chi connectivity index (χ2n) is 4.22. The van der Waals surface area contributed by atoms with Gasteiger partial charge in [0, 0.05) is 6.26 Å². The molecule has 0 radical (unpaired) electrons. The van der Waals surface area contributed by atoms with Crippen LogP contribution in [0.5, 0.6) is 0 Å². The molecule has 0 heterocycles. The Bertz CT molecular complexity index is 740. The highest BCUT2D eigenvalue weighted by Gasteiger charge is 2.24. The number of sulfone groups is 1. The van der Waals surface area contributed by atoms with E-state index >= 15 is 0 Å². The molecule has 1 rings (SSSR count). The summed E-state index contributed by atoms with van der Waals surface area (Å²) in [5.41, 5.74) is 10.4. The van der Waals surface area contributed by atoms with Gasteiger partial charge < -0.3 is 11.5 Å². The fourth-order valence-corrected chi connectivity index (χ4v) is 3.42. The van der Waals surface area contributed by atoms with Crippen LogP contribution in [-0.4, -0.2) is 35.0 Å². The van der Waals surface area contributed by atoms with E-state index in [1.54, 1.807) is 0 Å². The number of amides is 1. The number of nitrogens with two attached hydrogens (primary N) is 2. The van der Waals surface area contributed by atoms with Crippen LogP contribution in [0, 0.1) is 0 Å². The Kier molecular flexibility index (Phi) is 4.42. The molecule has 0 aliphatic rings. The Hall–Kier alpha value is -1.65. The molecule has 1 amide bonds. The zero-order chi connectivity index (χ0) is 15.7. The lowest BCUT2D eigenvalue weighted by Crippen LogP contribution is -2.42. The zero-order valence-corrected chi connectivity index (χ0v) is 12.5. The maximum absolute atomic E-state index is 12.1. The number of primary amides is 1. The molecule has 10 heteroatoms. The number of benzene rings is 1. The van der Waals surface area contributed by atoms with Crippen molar-refractivity contribution in [2.24, 2.45) is 5.73 Å².